The second kappa shape index (κ2) is 35.1. The van der Waals surface area contributed by atoms with Crippen molar-refractivity contribution in [2.24, 2.45) is 0 Å². The molecule has 0 unspecified atom stereocenters. The van der Waals surface area contributed by atoms with Crippen molar-refractivity contribution >= 4 is 11.9 Å². The highest BCUT2D eigenvalue weighted by Crippen LogP contribution is 2.15. The summed E-state index contributed by atoms with van der Waals surface area (Å²) in [6, 6.07) is 0. The summed E-state index contributed by atoms with van der Waals surface area (Å²) in [5.74, 6) is -0.655. The number of unbranched alkanes of at least 4 members (excludes halogenated alkanes) is 27. The Morgan fingerprint density at radius 1 is 0.366 bits per heavy atom. The van der Waals surface area contributed by atoms with Crippen LogP contribution in [0.2, 0.25) is 0 Å². The summed E-state index contributed by atoms with van der Waals surface area (Å²) in [7, 11) is 0. The molecule has 0 rings (SSSR count). The van der Waals surface area contributed by atoms with Gasteiger partial charge in [-0.05, 0) is 38.5 Å². The molecule has 0 atom stereocenters. The molecular weight excluding hydrogens is 504 g/mol. The van der Waals surface area contributed by atoms with Crippen molar-refractivity contribution in [3.05, 3.63) is 12.2 Å². The quantitative estimate of drug-likeness (QED) is 0.0338. The van der Waals surface area contributed by atoms with Gasteiger partial charge in [0, 0.05) is 12.8 Å². The molecule has 0 spiro atoms. The van der Waals surface area contributed by atoms with Crippen molar-refractivity contribution in [3.63, 3.8) is 0 Å². The van der Waals surface area contributed by atoms with E-state index in [2.05, 4.69) is 26.0 Å². The van der Waals surface area contributed by atoms with Crippen molar-refractivity contribution in [2.75, 3.05) is 0 Å². The number of esters is 2. The van der Waals surface area contributed by atoms with E-state index in [0.29, 0.717) is 12.8 Å². The highest BCUT2D eigenvalue weighted by molar-refractivity contribution is 5.85. The van der Waals surface area contributed by atoms with Crippen LogP contribution in [0.4, 0.5) is 0 Å². The molecule has 242 valence electrons. The first-order chi connectivity index (χ1) is 20.2. The number of ether oxygens (including phenoxy) is 1. The molecule has 0 aliphatic carbocycles. The van der Waals surface area contributed by atoms with Crippen molar-refractivity contribution in [3.8, 4) is 0 Å². The van der Waals surface area contributed by atoms with E-state index in [9.17, 15) is 9.59 Å². The molecule has 0 aromatic carbocycles. The van der Waals surface area contributed by atoms with Gasteiger partial charge in [0.15, 0.2) is 0 Å². The number of hydrogen-bond donors (Lipinski definition) is 0. The zero-order valence-corrected chi connectivity index (χ0v) is 28.0. The number of allylic oxidation sites excluding steroid dienone is 2. The number of carbonyl (C=O) groups is 2. The third-order valence-corrected chi connectivity index (χ3v) is 8.35. The van der Waals surface area contributed by atoms with Gasteiger partial charge in [-0.15, -0.1) is 0 Å². The van der Waals surface area contributed by atoms with E-state index in [1.165, 1.54) is 167 Å². The molecule has 3 nitrogen and oxygen atoms in total. The minimum absolute atomic E-state index is 0.327. The first-order valence-corrected chi connectivity index (χ1v) is 18.6. The largest absolute Gasteiger partial charge is 0.393 e. The SMILES string of the molecule is CCCCCCCCC=CCCCCCCCCCCCC(=O)OC(=O)CCCCCCCCCCCCCCC. The van der Waals surface area contributed by atoms with E-state index in [1.807, 2.05) is 0 Å². The Morgan fingerprint density at radius 2 is 0.610 bits per heavy atom. The molecule has 41 heavy (non-hydrogen) atoms. The van der Waals surface area contributed by atoms with Gasteiger partial charge in [0.05, 0.1) is 0 Å². The number of carbonyl (C=O) groups excluding carboxylic acids is 2. The summed E-state index contributed by atoms with van der Waals surface area (Å²) in [6.07, 6.45) is 44.1. The minimum atomic E-state index is -0.328. The van der Waals surface area contributed by atoms with Crippen LogP contribution in [-0.4, -0.2) is 11.9 Å². The van der Waals surface area contributed by atoms with E-state index >= 15 is 0 Å². The van der Waals surface area contributed by atoms with E-state index in [4.69, 9.17) is 4.74 Å². The fraction of sp³-hybridized carbons (Fsp3) is 0.895. The lowest BCUT2D eigenvalue weighted by Gasteiger charge is -2.05. The van der Waals surface area contributed by atoms with Crippen molar-refractivity contribution in [1.29, 1.82) is 0 Å². The Bertz CT molecular complexity index is 568. The fourth-order valence-electron chi connectivity index (χ4n) is 5.56. The molecule has 0 aliphatic rings. The van der Waals surface area contributed by atoms with Crippen LogP contribution in [0.3, 0.4) is 0 Å². The lowest BCUT2D eigenvalue weighted by molar-refractivity contribution is -0.159. The molecular formula is C38H72O3. The zero-order chi connectivity index (χ0) is 29.9. The first-order valence-electron chi connectivity index (χ1n) is 18.6. The maximum Gasteiger partial charge on any atom is 0.313 e. The molecule has 0 saturated carbocycles. The maximum absolute atomic E-state index is 11.9. The van der Waals surface area contributed by atoms with Gasteiger partial charge in [0.2, 0.25) is 0 Å². The molecule has 3 heteroatoms. The second-order valence-electron chi connectivity index (χ2n) is 12.6. The lowest BCUT2D eigenvalue weighted by atomic mass is 10.0. The Morgan fingerprint density at radius 3 is 0.902 bits per heavy atom. The highest BCUT2D eigenvalue weighted by atomic mass is 16.6. The Hall–Kier alpha value is -1.12. The summed E-state index contributed by atoms with van der Waals surface area (Å²) in [5.41, 5.74) is 0. The lowest BCUT2D eigenvalue weighted by Crippen LogP contribution is -2.11. The Kier molecular flexibility index (Phi) is 34.1. The summed E-state index contributed by atoms with van der Waals surface area (Å²) >= 11 is 0. The van der Waals surface area contributed by atoms with Gasteiger partial charge in [-0.2, -0.15) is 0 Å². The van der Waals surface area contributed by atoms with Crippen molar-refractivity contribution in [1.82, 2.24) is 0 Å². The standard InChI is InChI=1S/C38H72O3/c1-3-5-7-9-11-13-15-17-18-19-20-21-22-24-26-28-30-32-34-36-38(40)41-37(39)35-33-31-29-27-25-23-16-14-12-10-8-6-4-2/h17-18H,3-16,19-36H2,1-2H3. The number of hydrogen-bond acceptors (Lipinski definition) is 3. The summed E-state index contributed by atoms with van der Waals surface area (Å²) < 4.78 is 5.01. The van der Waals surface area contributed by atoms with E-state index in [0.717, 1.165) is 25.7 Å². The van der Waals surface area contributed by atoms with Gasteiger partial charge in [0.25, 0.3) is 0 Å². The van der Waals surface area contributed by atoms with Crippen LogP contribution < -0.4 is 0 Å². The van der Waals surface area contributed by atoms with Crippen LogP contribution >= 0.6 is 0 Å². The first kappa shape index (κ1) is 39.9. The monoisotopic (exact) mass is 577 g/mol. The van der Waals surface area contributed by atoms with Gasteiger partial charge < -0.3 is 4.74 Å². The third kappa shape index (κ3) is 35.0. The average Bonchev–Trinajstić information content (AvgIpc) is 2.96. The predicted molar refractivity (Wildman–Crippen MR) is 179 cm³/mol. The summed E-state index contributed by atoms with van der Waals surface area (Å²) in [5, 5.41) is 0. The predicted octanol–water partition coefficient (Wildman–Crippen LogP) is 13.1. The summed E-state index contributed by atoms with van der Waals surface area (Å²) in [6.45, 7) is 4.55. The molecule has 0 bridgehead atoms. The molecule has 0 fully saturated rings. The number of rotatable bonds is 33. The molecule has 0 aromatic rings. The third-order valence-electron chi connectivity index (χ3n) is 8.35. The van der Waals surface area contributed by atoms with Gasteiger partial charge in [0.1, 0.15) is 0 Å². The molecule has 0 amide bonds. The average molecular weight is 577 g/mol. The molecule has 0 saturated heterocycles. The summed E-state index contributed by atoms with van der Waals surface area (Å²) in [4.78, 5) is 23.8. The fourth-order valence-corrected chi connectivity index (χ4v) is 5.56. The van der Waals surface area contributed by atoms with Crippen LogP contribution in [0.5, 0.6) is 0 Å². The zero-order valence-electron chi connectivity index (χ0n) is 28.0. The van der Waals surface area contributed by atoms with Crippen molar-refractivity contribution in [2.45, 2.75) is 219 Å². The molecule has 0 aromatic heterocycles. The Labute approximate surface area is 257 Å². The van der Waals surface area contributed by atoms with Gasteiger partial charge in [-0.25, -0.2) is 0 Å². The van der Waals surface area contributed by atoms with Crippen LogP contribution in [0.15, 0.2) is 12.2 Å². The topological polar surface area (TPSA) is 43.4 Å². The van der Waals surface area contributed by atoms with Gasteiger partial charge in [-0.3, -0.25) is 9.59 Å². The normalized spacial score (nSPS) is 11.5. The maximum atomic E-state index is 11.9. The van der Waals surface area contributed by atoms with Gasteiger partial charge in [-0.1, -0.05) is 180 Å². The second-order valence-corrected chi connectivity index (χ2v) is 12.6. The smallest absolute Gasteiger partial charge is 0.313 e. The minimum Gasteiger partial charge on any atom is -0.393 e. The Balaban J connectivity index is 3.30. The van der Waals surface area contributed by atoms with E-state index in [1.54, 1.807) is 0 Å². The molecule has 0 N–H and O–H groups in total. The van der Waals surface area contributed by atoms with Gasteiger partial charge >= 0.3 is 11.9 Å². The molecule has 0 heterocycles. The van der Waals surface area contributed by atoms with E-state index in [-0.39, 0.29) is 11.9 Å². The van der Waals surface area contributed by atoms with E-state index < -0.39 is 0 Å². The van der Waals surface area contributed by atoms with Crippen LogP contribution in [0, 0.1) is 0 Å². The highest BCUT2D eigenvalue weighted by Gasteiger charge is 2.09. The van der Waals surface area contributed by atoms with Crippen molar-refractivity contribution < 1.29 is 14.3 Å². The molecule has 0 aliphatic heterocycles. The van der Waals surface area contributed by atoms with Crippen LogP contribution in [0.25, 0.3) is 0 Å². The molecule has 0 radical (unpaired) electrons. The van der Waals surface area contributed by atoms with Crippen LogP contribution in [0.1, 0.15) is 219 Å². The van der Waals surface area contributed by atoms with Crippen LogP contribution in [-0.2, 0) is 14.3 Å².